The minimum atomic E-state index is -0.252. The summed E-state index contributed by atoms with van der Waals surface area (Å²) < 4.78 is 13.0. The molecule has 1 amide bonds. The van der Waals surface area contributed by atoms with Gasteiger partial charge in [-0.25, -0.2) is 4.57 Å². The van der Waals surface area contributed by atoms with Gasteiger partial charge in [0.2, 0.25) is 5.91 Å². The van der Waals surface area contributed by atoms with Crippen LogP contribution in [0.25, 0.3) is 22.0 Å². The Balaban J connectivity index is 0.000000872. The number of benzene rings is 2. The lowest BCUT2D eigenvalue weighted by Gasteiger charge is -2.15. The molecule has 0 spiro atoms. The quantitative estimate of drug-likeness (QED) is 0.282. The van der Waals surface area contributed by atoms with E-state index in [4.69, 9.17) is 9.67 Å². The Kier molecular flexibility index (Phi) is 15.3. The smallest absolute Gasteiger partial charge is 0.327 e. The van der Waals surface area contributed by atoms with Gasteiger partial charge in [-0.2, -0.15) is 0 Å². The predicted octanol–water partition coefficient (Wildman–Crippen LogP) is 4.73. The van der Waals surface area contributed by atoms with Crippen molar-refractivity contribution >= 4 is 25.5 Å². The first-order chi connectivity index (χ1) is 16.7. The van der Waals surface area contributed by atoms with Crippen LogP contribution in [0.5, 0.6) is 0 Å². The van der Waals surface area contributed by atoms with Crippen LogP contribution in [0.1, 0.15) is 37.8 Å². The van der Waals surface area contributed by atoms with Gasteiger partial charge in [-0.15, -0.1) is 0 Å². The number of fused-ring (bicyclic) bond motifs is 1. The third-order valence-corrected chi connectivity index (χ3v) is 4.98. The summed E-state index contributed by atoms with van der Waals surface area (Å²) in [5, 5.41) is 22.1. The van der Waals surface area contributed by atoms with Gasteiger partial charge in [0, 0.05) is 38.5 Å². The second-order valence-corrected chi connectivity index (χ2v) is 7.54. The highest BCUT2D eigenvalue weighted by molar-refractivity contribution is 7.17. The summed E-state index contributed by atoms with van der Waals surface area (Å²) in [4.78, 5) is 17.1. The summed E-state index contributed by atoms with van der Waals surface area (Å²) in [6.07, 6.45) is 4.01. The maximum atomic E-state index is 12.4. The molecule has 0 radical (unpaired) electrons. The Morgan fingerprint density at radius 1 is 1.00 bits per heavy atom. The topological polar surface area (TPSA) is 109 Å². The average Bonchev–Trinajstić information content (AvgIpc) is 2.88. The number of nitrogens with one attached hydrogen (secondary N) is 1. The van der Waals surface area contributed by atoms with Crippen LogP contribution < -0.4 is 5.32 Å². The number of aliphatic hydroxyl groups is 2. The van der Waals surface area contributed by atoms with Gasteiger partial charge in [0.15, 0.2) is 0 Å². The van der Waals surface area contributed by atoms with Crippen molar-refractivity contribution in [2.75, 3.05) is 26.9 Å². The van der Waals surface area contributed by atoms with Crippen molar-refractivity contribution in [3.8, 4) is 11.1 Å². The molecule has 0 aliphatic carbocycles. The van der Waals surface area contributed by atoms with Crippen molar-refractivity contribution < 1.29 is 24.1 Å². The van der Waals surface area contributed by atoms with E-state index in [1.807, 2.05) is 62.4 Å². The Bertz CT molecular complexity index is 999. The van der Waals surface area contributed by atoms with E-state index in [0.717, 1.165) is 39.6 Å². The molecule has 3 aromatic rings. The first kappa shape index (κ1) is 29.3. The van der Waals surface area contributed by atoms with Crippen LogP contribution in [0, 0.1) is 0 Å². The number of hydrogen-bond acceptors (Lipinski definition) is 6. The van der Waals surface area contributed by atoms with Crippen LogP contribution in [0.4, 0.5) is 0 Å². The average molecular weight is 487 g/mol. The minimum Gasteiger partial charge on any atom is -0.396 e. The molecule has 0 unspecified atom stereocenters. The van der Waals surface area contributed by atoms with Crippen molar-refractivity contribution in [2.24, 2.45) is 0 Å². The Morgan fingerprint density at radius 2 is 1.71 bits per heavy atom. The van der Waals surface area contributed by atoms with Gasteiger partial charge in [0.05, 0.1) is 11.9 Å². The molecule has 0 saturated carbocycles. The zero-order valence-corrected chi connectivity index (χ0v) is 21.1. The number of carbonyl (C=O) groups excluding carboxylic acids is 1. The molecule has 7 nitrogen and oxygen atoms in total. The van der Waals surface area contributed by atoms with Crippen LogP contribution in [0.3, 0.4) is 0 Å². The standard InChI is InChI=1S/C23H26N2O3.C2H6.CH3O2P/c26-13-5-4-12-24-21(28)15-19-16-25-23-18(11-14-27)9-6-10-20(23)22(19)17-7-2-1-3-8-17;1-2;1-3-4-2/h1-3,6-10,16,26-27H,4-5,11-15H2,(H,24,28);1-2H3;1H3. The van der Waals surface area contributed by atoms with Gasteiger partial charge in [-0.3, -0.25) is 14.3 Å². The van der Waals surface area contributed by atoms with Gasteiger partial charge < -0.3 is 15.5 Å². The Labute approximate surface area is 203 Å². The minimum absolute atomic E-state index is 0.0530. The van der Waals surface area contributed by atoms with Crippen LogP contribution in [-0.4, -0.2) is 48.0 Å². The Hall–Kier alpha value is -2.70. The summed E-state index contributed by atoms with van der Waals surface area (Å²) in [6.45, 7) is 4.76. The molecule has 0 fully saturated rings. The molecule has 1 heterocycles. The Morgan fingerprint density at radius 3 is 2.32 bits per heavy atom. The first-order valence-corrected chi connectivity index (χ1v) is 12.2. The number of nitrogens with zero attached hydrogens (tertiary/aromatic N) is 1. The zero-order valence-electron chi connectivity index (χ0n) is 20.2. The third kappa shape index (κ3) is 9.27. The monoisotopic (exact) mass is 486 g/mol. The van der Waals surface area contributed by atoms with Crippen LogP contribution in [0.15, 0.2) is 54.7 Å². The summed E-state index contributed by atoms with van der Waals surface area (Å²) in [7, 11) is 1.10. The van der Waals surface area contributed by atoms with E-state index in [2.05, 4.69) is 14.8 Å². The lowest BCUT2D eigenvalue weighted by atomic mass is 9.93. The van der Waals surface area contributed by atoms with Gasteiger partial charge in [0.1, 0.15) is 0 Å². The number of aliphatic hydroxyl groups excluding tert-OH is 2. The summed E-state index contributed by atoms with van der Waals surface area (Å²) in [6, 6.07) is 16.0. The number of amides is 1. The molecule has 0 saturated heterocycles. The molecule has 1 aromatic heterocycles. The maximum Gasteiger partial charge on any atom is 0.327 e. The van der Waals surface area contributed by atoms with Crippen molar-refractivity contribution in [1.82, 2.24) is 10.3 Å². The van der Waals surface area contributed by atoms with E-state index in [0.29, 0.717) is 19.4 Å². The molecule has 0 bridgehead atoms. The molecular formula is C26H35N2O5P. The molecule has 0 atom stereocenters. The van der Waals surface area contributed by atoms with Gasteiger partial charge >= 0.3 is 8.69 Å². The van der Waals surface area contributed by atoms with E-state index >= 15 is 0 Å². The van der Waals surface area contributed by atoms with E-state index < -0.39 is 0 Å². The largest absolute Gasteiger partial charge is 0.396 e. The number of hydrogen-bond donors (Lipinski definition) is 3. The lowest BCUT2D eigenvalue weighted by Crippen LogP contribution is -2.26. The van der Waals surface area contributed by atoms with Gasteiger partial charge in [-0.1, -0.05) is 62.4 Å². The fourth-order valence-electron chi connectivity index (χ4n) is 3.43. The van der Waals surface area contributed by atoms with Crippen molar-refractivity contribution in [1.29, 1.82) is 0 Å². The highest BCUT2D eigenvalue weighted by Crippen LogP contribution is 2.32. The van der Waals surface area contributed by atoms with E-state index in [1.54, 1.807) is 6.20 Å². The second-order valence-electron chi connectivity index (χ2n) is 7.03. The number of rotatable bonds is 10. The fraction of sp³-hybridized carbons (Fsp3) is 0.385. The summed E-state index contributed by atoms with van der Waals surface area (Å²) >= 11 is 0. The van der Waals surface area contributed by atoms with E-state index in [1.165, 1.54) is 7.11 Å². The number of aromatic nitrogens is 1. The van der Waals surface area contributed by atoms with Crippen LogP contribution in [0.2, 0.25) is 0 Å². The molecule has 3 rings (SSSR count). The third-order valence-electron chi connectivity index (χ3n) is 4.84. The summed E-state index contributed by atoms with van der Waals surface area (Å²) in [5.74, 6) is -0.0530. The molecule has 34 heavy (non-hydrogen) atoms. The number of para-hydroxylation sites is 1. The molecule has 8 heteroatoms. The maximum absolute atomic E-state index is 12.4. The molecule has 0 aliphatic heterocycles. The van der Waals surface area contributed by atoms with Crippen LogP contribution in [-0.2, 0) is 26.7 Å². The number of carbonyl (C=O) groups is 1. The van der Waals surface area contributed by atoms with Crippen molar-refractivity contribution in [3.63, 3.8) is 0 Å². The number of pyridine rings is 1. The molecule has 184 valence electrons. The van der Waals surface area contributed by atoms with Crippen molar-refractivity contribution in [3.05, 3.63) is 65.9 Å². The summed E-state index contributed by atoms with van der Waals surface area (Å²) in [5.41, 5.74) is 4.79. The van der Waals surface area contributed by atoms with Gasteiger partial charge in [0.25, 0.3) is 0 Å². The molecule has 0 aliphatic rings. The normalized spacial score (nSPS) is 10.1. The lowest BCUT2D eigenvalue weighted by molar-refractivity contribution is -0.120. The van der Waals surface area contributed by atoms with Gasteiger partial charge in [-0.05, 0) is 41.5 Å². The zero-order chi connectivity index (χ0) is 25.2. The SMILES string of the molecule is CC.COP=O.O=C(Cc1cnc2c(CCO)cccc2c1-c1ccccc1)NCCCCO. The first-order valence-electron chi connectivity index (χ1n) is 11.4. The molecular weight excluding hydrogens is 451 g/mol. The second kappa shape index (κ2) is 17.7. The highest BCUT2D eigenvalue weighted by Gasteiger charge is 2.15. The van der Waals surface area contributed by atoms with E-state index in [9.17, 15) is 9.90 Å². The number of unbranched alkanes of at least 4 members (excludes halogenated alkanes) is 1. The highest BCUT2D eigenvalue weighted by atomic mass is 31.1. The molecule has 2 aromatic carbocycles. The van der Waals surface area contributed by atoms with Crippen molar-refractivity contribution in [2.45, 2.75) is 39.5 Å². The van der Waals surface area contributed by atoms with E-state index in [-0.39, 0.29) is 34.2 Å². The molecule has 3 N–H and O–H groups in total. The fourth-order valence-corrected chi connectivity index (χ4v) is 3.43. The predicted molar refractivity (Wildman–Crippen MR) is 137 cm³/mol. The van der Waals surface area contributed by atoms with Crippen LogP contribution >= 0.6 is 8.69 Å².